The molecule has 0 amide bonds. The minimum Gasteiger partial charge on any atom is -0.387 e. The Kier molecular flexibility index (Phi) is 3.99. The van der Waals surface area contributed by atoms with E-state index in [1.807, 2.05) is 12.1 Å². The van der Waals surface area contributed by atoms with E-state index in [1.165, 1.54) is 0 Å². The Morgan fingerprint density at radius 3 is 3.00 bits per heavy atom. The minimum absolute atomic E-state index is 0.164. The summed E-state index contributed by atoms with van der Waals surface area (Å²) >= 11 is 0. The molecule has 0 radical (unpaired) electrons. The molecule has 0 bridgehead atoms. The number of pyridine rings is 1. The van der Waals surface area contributed by atoms with Crippen molar-refractivity contribution in [2.24, 2.45) is 0 Å². The van der Waals surface area contributed by atoms with E-state index in [4.69, 9.17) is 4.98 Å². The Balaban J connectivity index is 2.02. The topological polar surface area (TPSA) is 45.1 Å². The van der Waals surface area contributed by atoms with Gasteiger partial charge >= 0.3 is 0 Å². The number of hydrogen-bond donors (Lipinski definition) is 2. The van der Waals surface area contributed by atoms with E-state index in [0.29, 0.717) is 0 Å². The van der Waals surface area contributed by atoms with Crippen LogP contribution < -0.4 is 5.32 Å². The number of nitrogens with zero attached hydrogens (tertiary/aromatic N) is 1. The van der Waals surface area contributed by atoms with Crippen molar-refractivity contribution < 1.29 is 5.11 Å². The van der Waals surface area contributed by atoms with Gasteiger partial charge in [0, 0.05) is 22.7 Å². The molecular formula is C17H22N2O. The van der Waals surface area contributed by atoms with Gasteiger partial charge < -0.3 is 10.4 Å². The second kappa shape index (κ2) is 5.90. The predicted molar refractivity (Wildman–Crippen MR) is 81.7 cm³/mol. The zero-order chi connectivity index (χ0) is 13.9. The summed E-state index contributed by atoms with van der Waals surface area (Å²) in [5.74, 6) is 0. The molecular weight excluding hydrogens is 248 g/mol. The molecule has 0 aliphatic carbocycles. The van der Waals surface area contributed by atoms with Crippen molar-refractivity contribution in [1.29, 1.82) is 0 Å². The van der Waals surface area contributed by atoms with E-state index in [2.05, 4.69) is 30.4 Å². The van der Waals surface area contributed by atoms with Crippen LogP contribution in [-0.2, 0) is 6.42 Å². The number of aromatic nitrogens is 1. The molecule has 1 aliphatic heterocycles. The van der Waals surface area contributed by atoms with Gasteiger partial charge in [-0.1, -0.05) is 37.6 Å². The van der Waals surface area contributed by atoms with E-state index >= 15 is 0 Å². The number of nitrogens with one attached hydrogen (secondary N) is 1. The third-order valence-corrected chi connectivity index (χ3v) is 4.11. The smallest absolute Gasteiger partial charge is 0.0963 e. The average molecular weight is 270 g/mol. The lowest BCUT2D eigenvalue weighted by atomic mass is 9.98. The van der Waals surface area contributed by atoms with Gasteiger partial charge in [0.1, 0.15) is 0 Å². The second-order valence-electron chi connectivity index (χ2n) is 5.62. The molecule has 1 aromatic heterocycles. The SMILES string of the molecule is CCCc1ccc2cccc(C(O)C3CCCN3)c2n1. The summed E-state index contributed by atoms with van der Waals surface area (Å²) in [6.07, 6.45) is 3.79. The molecule has 1 aliphatic rings. The quantitative estimate of drug-likeness (QED) is 0.897. The van der Waals surface area contributed by atoms with Gasteiger partial charge in [0.05, 0.1) is 11.6 Å². The van der Waals surface area contributed by atoms with Crippen molar-refractivity contribution in [3.63, 3.8) is 0 Å². The maximum Gasteiger partial charge on any atom is 0.0963 e. The molecule has 2 heterocycles. The van der Waals surface area contributed by atoms with Crippen LogP contribution in [0.5, 0.6) is 0 Å². The van der Waals surface area contributed by atoms with Crippen LogP contribution >= 0.6 is 0 Å². The van der Waals surface area contributed by atoms with Crippen molar-refractivity contribution in [2.75, 3.05) is 6.54 Å². The monoisotopic (exact) mass is 270 g/mol. The van der Waals surface area contributed by atoms with Gasteiger partial charge in [0.2, 0.25) is 0 Å². The minimum atomic E-state index is -0.467. The van der Waals surface area contributed by atoms with Crippen LogP contribution in [0.15, 0.2) is 30.3 Å². The molecule has 2 N–H and O–H groups in total. The van der Waals surface area contributed by atoms with Crippen LogP contribution in [-0.4, -0.2) is 22.7 Å². The number of fused-ring (bicyclic) bond motifs is 1. The van der Waals surface area contributed by atoms with Crippen LogP contribution in [0.4, 0.5) is 0 Å². The van der Waals surface area contributed by atoms with Crippen molar-refractivity contribution in [2.45, 2.75) is 44.8 Å². The number of aryl methyl sites for hydroxylation is 1. The normalized spacial score (nSPS) is 20.4. The van der Waals surface area contributed by atoms with E-state index in [0.717, 1.165) is 54.4 Å². The van der Waals surface area contributed by atoms with Crippen molar-refractivity contribution in [1.82, 2.24) is 10.3 Å². The molecule has 2 atom stereocenters. The number of aliphatic hydroxyl groups is 1. The Morgan fingerprint density at radius 2 is 2.25 bits per heavy atom. The first kappa shape index (κ1) is 13.5. The lowest BCUT2D eigenvalue weighted by molar-refractivity contribution is 0.139. The molecule has 20 heavy (non-hydrogen) atoms. The third-order valence-electron chi connectivity index (χ3n) is 4.11. The summed E-state index contributed by atoms with van der Waals surface area (Å²) in [7, 11) is 0. The fourth-order valence-electron chi connectivity index (χ4n) is 3.04. The van der Waals surface area contributed by atoms with E-state index in [9.17, 15) is 5.11 Å². The standard InChI is InChI=1S/C17H22N2O/c1-2-5-13-10-9-12-6-3-7-14(16(12)19-13)17(20)15-8-4-11-18-15/h3,6-7,9-10,15,17-18,20H,2,4-5,8,11H2,1H3. The summed E-state index contributed by atoms with van der Waals surface area (Å²) in [6.45, 7) is 3.16. The third kappa shape index (κ3) is 2.56. The molecule has 3 nitrogen and oxygen atoms in total. The van der Waals surface area contributed by atoms with Crippen LogP contribution in [0, 0.1) is 0 Å². The zero-order valence-electron chi connectivity index (χ0n) is 12.0. The van der Waals surface area contributed by atoms with Crippen LogP contribution in [0.2, 0.25) is 0 Å². The zero-order valence-corrected chi connectivity index (χ0v) is 12.0. The van der Waals surface area contributed by atoms with E-state index in [1.54, 1.807) is 0 Å². The second-order valence-corrected chi connectivity index (χ2v) is 5.62. The number of hydrogen-bond acceptors (Lipinski definition) is 3. The molecule has 1 aromatic carbocycles. The van der Waals surface area contributed by atoms with Crippen LogP contribution in [0.3, 0.4) is 0 Å². The number of rotatable bonds is 4. The van der Waals surface area contributed by atoms with Gasteiger partial charge in [-0.3, -0.25) is 4.98 Å². The Morgan fingerprint density at radius 1 is 1.35 bits per heavy atom. The Bertz CT molecular complexity index is 591. The highest BCUT2D eigenvalue weighted by Gasteiger charge is 2.25. The molecule has 1 fully saturated rings. The number of aliphatic hydroxyl groups excluding tert-OH is 1. The Labute approximate surface area is 120 Å². The first-order valence-electron chi connectivity index (χ1n) is 7.59. The maximum atomic E-state index is 10.6. The molecule has 0 saturated carbocycles. The summed E-state index contributed by atoms with van der Waals surface area (Å²) in [5.41, 5.74) is 3.03. The number of benzene rings is 1. The Hall–Kier alpha value is -1.45. The highest BCUT2D eigenvalue weighted by atomic mass is 16.3. The van der Waals surface area contributed by atoms with Gasteiger partial charge in [-0.05, 0) is 31.9 Å². The highest BCUT2D eigenvalue weighted by molar-refractivity contribution is 5.82. The lowest BCUT2D eigenvalue weighted by Gasteiger charge is -2.20. The van der Waals surface area contributed by atoms with Gasteiger partial charge in [0.25, 0.3) is 0 Å². The molecule has 3 heteroatoms. The van der Waals surface area contributed by atoms with Gasteiger partial charge in [-0.15, -0.1) is 0 Å². The number of para-hydroxylation sites is 1. The molecule has 0 spiro atoms. The van der Waals surface area contributed by atoms with Gasteiger partial charge in [0.15, 0.2) is 0 Å². The molecule has 2 aromatic rings. The van der Waals surface area contributed by atoms with Crippen molar-refractivity contribution in [3.8, 4) is 0 Å². The van der Waals surface area contributed by atoms with Gasteiger partial charge in [-0.25, -0.2) is 0 Å². The van der Waals surface area contributed by atoms with Crippen molar-refractivity contribution in [3.05, 3.63) is 41.6 Å². The van der Waals surface area contributed by atoms with E-state index < -0.39 is 6.10 Å². The maximum absolute atomic E-state index is 10.6. The molecule has 1 saturated heterocycles. The lowest BCUT2D eigenvalue weighted by Crippen LogP contribution is -2.28. The van der Waals surface area contributed by atoms with Crippen molar-refractivity contribution >= 4 is 10.9 Å². The molecule has 3 rings (SSSR count). The first-order valence-corrected chi connectivity index (χ1v) is 7.59. The fraction of sp³-hybridized carbons (Fsp3) is 0.471. The molecule has 2 unspecified atom stereocenters. The first-order chi connectivity index (χ1) is 9.79. The summed E-state index contributed by atoms with van der Waals surface area (Å²) in [6, 6.07) is 10.5. The molecule has 106 valence electrons. The summed E-state index contributed by atoms with van der Waals surface area (Å²) in [4.78, 5) is 4.77. The van der Waals surface area contributed by atoms with Crippen LogP contribution in [0.1, 0.15) is 43.5 Å². The average Bonchev–Trinajstić information content (AvgIpc) is 3.00. The fourth-order valence-corrected chi connectivity index (χ4v) is 3.04. The van der Waals surface area contributed by atoms with E-state index in [-0.39, 0.29) is 6.04 Å². The summed E-state index contributed by atoms with van der Waals surface area (Å²) in [5, 5.41) is 15.1. The predicted octanol–water partition coefficient (Wildman–Crippen LogP) is 2.97. The largest absolute Gasteiger partial charge is 0.387 e. The van der Waals surface area contributed by atoms with Crippen LogP contribution in [0.25, 0.3) is 10.9 Å². The summed E-state index contributed by atoms with van der Waals surface area (Å²) < 4.78 is 0. The van der Waals surface area contributed by atoms with Gasteiger partial charge in [-0.2, -0.15) is 0 Å². The highest BCUT2D eigenvalue weighted by Crippen LogP contribution is 2.28.